The molecule has 0 aromatic carbocycles. The minimum Gasteiger partial charge on any atom is -0.371 e. The van der Waals surface area contributed by atoms with Gasteiger partial charge in [0.2, 0.25) is 0 Å². The van der Waals surface area contributed by atoms with Crippen molar-refractivity contribution in [3.8, 4) is 0 Å². The Morgan fingerprint density at radius 1 is 1.38 bits per heavy atom. The van der Waals surface area contributed by atoms with Crippen LogP contribution in [0.1, 0.15) is 38.5 Å². The van der Waals surface area contributed by atoms with E-state index < -0.39 is 0 Å². The van der Waals surface area contributed by atoms with E-state index in [2.05, 4.69) is 22.5 Å². The first-order chi connectivity index (χ1) is 6.36. The Morgan fingerprint density at radius 3 is 2.92 bits per heavy atom. The normalized spacial score (nSPS) is 28.7. The lowest BCUT2D eigenvalue weighted by Gasteiger charge is -2.28. The summed E-state index contributed by atoms with van der Waals surface area (Å²) in [4.78, 5) is 0. The average molecular weight is 247 g/mol. The molecule has 0 spiro atoms. The molecule has 2 heteroatoms. The zero-order valence-corrected chi connectivity index (χ0v) is 9.76. The molecule has 1 heterocycles. The number of hydrogen-bond donors (Lipinski definition) is 0. The third-order valence-electron chi connectivity index (χ3n) is 2.55. The molecule has 0 aromatic heterocycles. The summed E-state index contributed by atoms with van der Waals surface area (Å²) in [6, 6.07) is 0. The van der Waals surface area contributed by atoms with Gasteiger partial charge in [0, 0.05) is 5.33 Å². The molecule has 0 radical (unpaired) electrons. The summed E-state index contributed by atoms with van der Waals surface area (Å²) in [5, 5.41) is 1.12. The molecule has 1 fully saturated rings. The Morgan fingerprint density at radius 2 is 2.23 bits per heavy atom. The van der Waals surface area contributed by atoms with E-state index in [1.807, 2.05) is 6.08 Å². The minimum absolute atomic E-state index is 0.322. The third kappa shape index (κ3) is 4.28. The number of hydrogen-bond acceptors (Lipinski definition) is 1. The van der Waals surface area contributed by atoms with Crippen LogP contribution in [0.3, 0.4) is 0 Å². The van der Waals surface area contributed by atoms with E-state index in [9.17, 15) is 0 Å². The molecule has 0 saturated carbocycles. The number of unbranched alkanes of at least 4 members (excludes halogenated alkanes) is 1. The van der Waals surface area contributed by atoms with Crippen LogP contribution in [0.2, 0.25) is 0 Å². The number of rotatable bonds is 5. The van der Waals surface area contributed by atoms with E-state index >= 15 is 0 Å². The fraction of sp³-hybridized carbons (Fsp3) is 0.818. The molecule has 0 bridgehead atoms. The average Bonchev–Trinajstić information content (AvgIpc) is 2.19. The van der Waals surface area contributed by atoms with Gasteiger partial charge < -0.3 is 4.74 Å². The van der Waals surface area contributed by atoms with Crippen LogP contribution in [0.15, 0.2) is 12.7 Å². The van der Waals surface area contributed by atoms with Gasteiger partial charge in [-0.1, -0.05) is 28.4 Å². The molecular formula is C11H19BrO. The van der Waals surface area contributed by atoms with Crippen molar-refractivity contribution >= 4 is 15.9 Å². The van der Waals surface area contributed by atoms with E-state index in [0.29, 0.717) is 12.2 Å². The molecule has 0 N–H and O–H groups in total. The fourth-order valence-electron chi connectivity index (χ4n) is 1.78. The standard InChI is InChI=1S/C11H19BrO/c1-2-10-7-5-8-11(13-10)6-3-4-9-12/h2,10-11H,1,3-9H2/t10-,11+/m0/s1. The summed E-state index contributed by atoms with van der Waals surface area (Å²) >= 11 is 3.44. The van der Waals surface area contributed by atoms with Gasteiger partial charge in [-0.25, -0.2) is 0 Å². The quantitative estimate of drug-likeness (QED) is 0.409. The van der Waals surface area contributed by atoms with Crippen LogP contribution < -0.4 is 0 Å². The van der Waals surface area contributed by atoms with Crippen LogP contribution in [0.5, 0.6) is 0 Å². The highest BCUT2D eigenvalue weighted by Crippen LogP contribution is 2.23. The zero-order chi connectivity index (χ0) is 9.52. The molecule has 1 nitrogen and oxygen atoms in total. The molecule has 1 rings (SSSR count). The highest BCUT2D eigenvalue weighted by molar-refractivity contribution is 9.09. The minimum atomic E-state index is 0.322. The van der Waals surface area contributed by atoms with Crippen LogP contribution in [-0.4, -0.2) is 17.5 Å². The van der Waals surface area contributed by atoms with Crippen LogP contribution in [-0.2, 0) is 4.74 Å². The first-order valence-electron chi connectivity index (χ1n) is 5.20. The van der Waals surface area contributed by atoms with Gasteiger partial charge in [-0.15, -0.1) is 6.58 Å². The maximum absolute atomic E-state index is 5.85. The molecule has 0 unspecified atom stereocenters. The van der Waals surface area contributed by atoms with Crippen molar-refractivity contribution in [2.75, 3.05) is 5.33 Å². The van der Waals surface area contributed by atoms with Crippen molar-refractivity contribution in [1.82, 2.24) is 0 Å². The van der Waals surface area contributed by atoms with Crippen LogP contribution >= 0.6 is 15.9 Å². The smallest absolute Gasteiger partial charge is 0.0757 e. The second-order valence-corrected chi connectivity index (χ2v) is 4.44. The van der Waals surface area contributed by atoms with E-state index in [4.69, 9.17) is 4.74 Å². The van der Waals surface area contributed by atoms with Crippen molar-refractivity contribution in [3.63, 3.8) is 0 Å². The molecule has 1 aliphatic heterocycles. The number of halogens is 1. The van der Waals surface area contributed by atoms with E-state index in [0.717, 1.165) is 5.33 Å². The molecule has 0 amide bonds. The molecule has 0 aromatic rings. The van der Waals surface area contributed by atoms with Crippen LogP contribution in [0.25, 0.3) is 0 Å². The summed E-state index contributed by atoms with van der Waals surface area (Å²) in [5.74, 6) is 0. The molecule has 0 aliphatic carbocycles. The molecule has 1 aliphatic rings. The Balaban J connectivity index is 2.14. The molecular weight excluding hydrogens is 228 g/mol. The van der Waals surface area contributed by atoms with Gasteiger partial charge in [-0.3, -0.25) is 0 Å². The van der Waals surface area contributed by atoms with Crippen molar-refractivity contribution in [3.05, 3.63) is 12.7 Å². The van der Waals surface area contributed by atoms with Gasteiger partial charge in [0.15, 0.2) is 0 Å². The lowest BCUT2D eigenvalue weighted by Crippen LogP contribution is -2.25. The maximum Gasteiger partial charge on any atom is 0.0757 e. The van der Waals surface area contributed by atoms with E-state index in [1.54, 1.807) is 0 Å². The van der Waals surface area contributed by atoms with Crippen molar-refractivity contribution < 1.29 is 4.74 Å². The van der Waals surface area contributed by atoms with Gasteiger partial charge >= 0.3 is 0 Å². The van der Waals surface area contributed by atoms with Crippen molar-refractivity contribution in [2.45, 2.75) is 50.7 Å². The number of ether oxygens (including phenoxy) is 1. The Bertz CT molecular complexity index is 147. The lowest BCUT2D eigenvalue weighted by atomic mass is 10.0. The van der Waals surface area contributed by atoms with Gasteiger partial charge in [0.1, 0.15) is 0 Å². The van der Waals surface area contributed by atoms with E-state index in [-0.39, 0.29) is 0 Å². The monoisotopic (exact) mass is 246 g/mol. The zero-order valence-electron chi connectivity index (χ0n) is 8.18. The predicted molar refractivity (Wildman–Crippen MR) is 60.4 cm³/mol. The molecule has 2 atom stereocenters. The summed E-state index contributed by atoms with van der Waals surface area (Å²) in [7, 11) is 0. The largest absolute Gasteiger partial charge is 0.371 e. The van der Waals surface area contributed by atoms with E-state index in [1.165, 1.54) is 38.5 Å². The van der Waals surface area contributed by atoms with Gasteiger partial charge in [-0.2, -0.15) is 0 Å². The summed E-state index contributed by atoms with van der Waals surface area (Å²) in [5.41, 5.74) is 0. The maximum atomic E-state index is 5.85. The van der Waals surface area contributed by atoms with Crippen LogP contribution in [0, 0.1) is 0 Å². The molecule has 76 valence electrons. The Labute approximate surface area is 89.7 Å². The SMILES string of the molecule is C=C[C@H]1CCC[C@@H](CCCCBr)O1. The van der Waals surface area contributed by atoms with Gasteiger partial charge in [0.05, 0.1) is 12.2 Å². The first-order valence-corrected chi connectivity index (χ1v) is 6.33. The van der Waals surface area contributed by atoms with Crippen molar-refractivity contribution in [1.29, 1.82) is 0 Å². The van der Waals surface area contributed by atoms with Crippen molar-refractivity contribution in [2.24, 2.45) is 0 Å². The summed E-state index contributed by atoms with van der Waals surface area (Å²) in [6.07, 6.45) is 10.2. The number of alkyl halides is 1. The highest BCUT2D eigenvalue weighted by Gasteiger charge is 2.19. The highest BCUT2D eigenvalue weighted by atomic mass is 79.9. The second-order valence-electron chi connectivity index (χ2n) is 3.65. The van der Waals surface area contributed by atoms with Gasteiger partial charge in [0.25, 0.3) is 0 Å². The second kappa shape index (κ2) is 6.61. The van der Waals surface area contributed by atoms with Gasteiger partial charge in [-0.05, 0) is 32.1 Å². The summed E-state index contributed by atoms with van der Waals surface area (Å²) in [6.45, 7) is 3.78. The molecule has 13 heavy (non-hydrogen) atoms. The third-order valence-corrected chi connectivity index (χ3v) is 3.12. The Hall–Kier alpha value is 0.180. The topological polar surface area (TPSA) is 9.23 Å². The lowest BCUT2D eigenvalue weighted by molar-refractivity contribution is -0.0295. The van der Waals surface area contributed by atoms with Crippen LogP contribution in [0.4, 0.5) is 0 Å². The molecule has 1 saturated heterocycles. The summed E-state index contributed by atoms with van der Waals surface area (Å²) < 4.78 is 5.85. The Kier molecular flexibility index (Phi) is 5.72. The first kappa shape index (κ1) is 11.3. The predicted octanol–water partition coefficient (Wildman–Crippen LogP) is 3.68. The fourth-order valence-corrected chi connectivity index (χ4v) is 2.18.